The number of sulfone groups is 1. The number of carboxylic acid groups (broad SMARTS) is 1. The number of carbonyl (C=O) groups is 1. The molecule has 0 bridgehead atoms. The van der Waals surface area contributed by atoms with Crippen LogP contribution in [0.4, 0.5) is 0 Å². The highest BCUT2D eigenvalue weighted by atomic mass is 32.2. The largest absolute Gasteiger partial charge is 0.480 e. The molecule has 90 valence electrons. The summed E-state index contributed by atoms with van der Waals surface area (Å²) < 4.78 is 22.6. The lowest BCUT2D eigenvalue weighted by Gasteiger charge is -2.28. The number of hydrogen-bond donors (Lipinski definition) is 1. The highest BCUT2D eigenvalue weighted by Crippen LogP contribution is 2.19. The van der Waals surface area contributed by atoms with Crippen LogP contribution in [-0.2, 0) is 14.6 Å². The minimum absolute atomic E-state index is 0.0493. The number of nitriles is 1. The van der Waals surface area contributed by atoms with Crippen LogP contribution < -0.4 is 0 Å². The van der Waals surface area contributed by atoms with E-state index in [1.807, 2.05) is 6.07 Å². The highest BCUT2D eigenvalue weighted by Gasteiger charge is 2.35. The second kappa shape index (κ2) is 4.80. The molecule has 1 fully saturated rings. The molecule has 1 rings (SSSR count). The lowest BCUT2D eigenvalue weighted by atomic mass is 10.1. The van der Waals surface area contributed by atoms with Gasteiger partial charge in [-0.05, 0) is 13.3 Å². The molecule has 1 N–H and O–H groups in total. The highest BCUT2D eigenvalue weighted by molar-refractivity contribution is 7.91. The van der Waals surface area contributed by atoms with Gasteiger partial charge in [-0.3, -0.25) is 9.69 Å². The van der Waals surface area contributed by atoms with Crippen molar-refractivity contribution in [2.75, 3.05) is 18.1 Å². The van der Waals surface area contributed by atoms with E-state index >= 15 is 0 Å². The zero-order valence-electron chi connectivity index (χ0n) is 8.96. The summed E-state index contributed by atoms with van der Waals surface area (Å²) in [6, 6.07) is 1.00. The molecule has 0 aromatic rings. The molecule has 0 saturated carbocycles. The average Bonchev–Trinajstić information content (AvgIpc) is 2.53. The molecule has 1 saturated heterocycles. The molecule has 7 heteroatoms. The molecule has 0 aromatic heterocycles. The third-order valence-electron chi connectivity index (χ3n) is 2.68. The Morgan fingerprint density at radius 2 is 2.31 bits per heavy atom. The second-order valence-electron chi connectivity index (χ2n) is 3.93. The van der Waals surface area contributed by atoms with E-state index in [4.69, 9.17) is 10.4 Å². The van der Waals surface area contributed by atoms with Crippen molar-refractivity contribution < 1.29 is 18.3 Å². The zero-order chi connectivity index (χ0) is 12.3. The lowest BCUT2D eigenvalue weighted by molar-refractivity contribution is -0.139. The normalized spacial score (nSPS) is 25.2. The molecule has 1 aliphatic heterocycles. The van der Waals surface area contributed by atoms with E-state index in [9.17, 15) is 13.2 Å². The first kappa shape index (κ1) is 12.9. The number of hydrogen-bond acceptors (Lipinski definition) is 5. The maximum absolute atomic E-state index is 11.3. The summed E-state index contributed by atoms with van der Waals surface area (Å²) in [7, 11) is -3.06. The summed E-state index contributed by atoms with van der Waals surface area (Å²) in [5.74, 6) is -1.02. The van der Waals surface area contributed by atoms with E-state index < -0.39 is 21.8 Å². The molecule has 2 unspecified atom stereocenters. The van der Waals surface area contributed by atoms with Gasteiger partial charge in [-0.15, -0.1) is 0 Å². The van der Waals surface area contributed by atoms with E-state index in [1.165, 1.54) is 4.90 Å². The molecule has 0 amide bonds. The summed E-state index contributed by atoms with van der Waals surface area (Å²) in [6.45, 7) is 1.28. The van der Waals surface area contributed by atoms with Crippen LogP contribution in [0.5, 0.6) is 0 Å². The Hall–Kier alpha value is -1.13. The standard InChI is InChI=1S/C9H14N2O4S/c1-7(4-10)11(5-9(12)13)8-2-3-16(14,15)6-8/h7-8H,2-3,5-6H2,1H3,(H,12,13). The number of nitrogens with zero attached hydrogens (tertiary/aromatic N) is 2. The molecule has 0 aromatic carbocycles. The average molecular weight is 246 g/mol. The molecule has 0 spiro atoms. The van der Waals surface area contributed by atoms with Gasteiger partial charge in [-0.25, -0.2) is 8.42 Å². The zero-order valence-corrected chi connectivity index (χ0v) is 9.77. The van der Waals surface area contributed by atoms with Crippen molar-refractivity contribution in [3.8, 4) is 6.07 Å². The quantitative estimate of drug-likeness (QED) is 0.716. The van der Waals surface area contributed by atoms with Gasteiger partial charge >= 0.3 is 5.97 Å². The Labute approximate surface area is 94.4 Å². The van der Waals surface area contributed by atoms with Gasteiger partial charge in [0.2, 0.25) is 0 Å². The first-order chi connectivity index (χ1) is 7.35. The molecule has 1 heterocycles. The Balaban J connectivity index is 2.79. The van der Waals surface area contributed by atoms with E-state index in [2.05, 4.69) is 0 Å². The van der Waals surface area contributed by atoms with Crippen molar-refractivity contribution in [2.45, 2.75) is 25.4 Å². The van der Waals surface area contributed by atoms with Crippen LogP contribution in [0, 0.1) is 11.3 Å². The molecule has 0 radical (unpaired) electrons. The van der Waals surface area contributed by atoms with E-state index in [0.29, 0.717) is 6.42 Å². The van der Waals surface area contributed by atoms with Gasteiger partial charge in [0.1, 0.15) is 0 Å². The van der Waals surface area contributed by atoms with Crippen molar-refractivity contribution in [2.24, 2.45) is 0 Å². The van der Waals surface area contributed by atoms with Gasteiger partial charge in [-0.1, -0.05) is 0 Å². The van der Waals surface area contributed by atoms with Gasteiger partial charge in [0.05, 0.1) is 30.2 Å². The molecular formula is C9H14N2O4S. The Morgan fingerprint density at radius 1 is 1.69 bits per heavy atom. The topological polar surface area (TPSA) is 98.5 Å². The van der Waals surface area contributed by atoms with Crippen molar-refractivity contribution in [1.29, 1.82) is 5.26 Å². The van der Waals surface area contributed by atoms with Crippen LogP contribution in [0.3, 0.4) is 0 Å². The van der Waals surface area contributed by atoms with Crippen molar-refractivity contribution >= 4 is 15.8 Å². The van der Waals surface area contributed by atoms with Crippen LogP contribution >= 0.6 is 0 Å². The van der Waals surface area contributed by atoms with Crippen molar-refractivity contribution in [3.05, 3.63) is 0 Å². The second-order valence-corrected chi connectivity index (χ2v) is 6.16. The summed E-state index contributed by atoms with van der Waals surface area (Å²) in [5.41, 5.74) is 0. The van der Waals surface area contributed by atoms with Crippen LogP contribution in [-0.4, -0.2) is 54.5 Å². The third kappa shape index (κ3) is 3.18. The summed E-state index contributed by atoms with van der Waals surface area (Å²) >= 11 is 0. The minimum atomic E-state index is -3.06. The lowest BCUT2D eigenvalue weighted by Crippen LogP contribution is -2.44. The molecule has 0 aliphatic carbocycles. The predicted molar refractivity (Wildman–Crippen MR) is 56.5 cm³/mol. The molecule has 2 atom stereocenters. The summed E-state index contributed by atoms with van der Waals surface area (Å²) in [5, 5.41) is 17.5. The fraction of sp³-hybridized carbons (Fsp3) is 0.778. The molecular weight excluding hydrogens is 232 g/mol. The van der Waals surface area contributed by atoms with Crippen molar-refractivity contribution in [3.63, 3.8) is 0 Å². The Bertz CT molecular complexity index is 412. The van der Waals surface area contributed by atoms with E-state index in [-0.39, 0.29) is 24.1 Å². The first-order valence-electron chi connectivity index (χ1n) is 4.93. The maximum Gasteiger partial charge on any atom is 0.317 e. The number of rotatable bonds is 4. The van der Waals surface area contributed by atoms with E-state index in [1.54, 1.807) is 6.92 Å². The van der Waals surface area contributed by atoms with Gasteiger partial charge < -0.3 is 5.11 Å². The Morgan fingerprint density at radius 3 is 2.69 bits per heavy atom. The van der Waals surface area contributed by atoms with Gasteiger partial charge in [0.25, 0.3) is 0 Å². The number of carboxylic acids is 1. The van der Waals surface area contributed by atoms with Crippen LogP contribution in [0.25, 0.3) is 0 Å². The molecule has 1 aliphatic rings. The summed E-state index contributed by atoms with van der Waals surface area (Å²) in [4.78, 5) is 12.1. The van der Waals surface area contributed by atoms with Gasteiger partial charge in [0.15, 0.2) is 9.84 Å². The maximum atomic E-state index is 11.3. The molecule has 6 nitrogen and oxygen atoms in total. The van der Waals surface area contributed by atoms with Crippen LogP contribution in [0.1, 0.15) is 13.3 Å². The van der Waals surface area contributed by atoms with Crippen molar-refractivity contribution in [1.82, 2.24) is 4.90 Å². The van der Waals surface area contributed by atoms with Crippen LogP contribution in [0.15, 0.2) is 0 Å². The van der Waals surface area contributed by atoms with Crippen LogP contribution in [0.2, 0.25) is 0 Å². The minimum Gasteiger partial charge on any atom is -0.480 e. The van der Waals surface area contributed by atoms with E-state index in [0.717, 1.165) is 0 Å². The fourth-order valence-corrected chi connectivity index (χ4v) is 3.59. The SMILES string of the molecule is CC(C#N)N(CC(=O)O)C1CCS(=O)(=O)C1. The predicted octanol–water partition coefficient (Wildman–Crippen LogP) is -0.528. The fourth-order valence-electron chi connectivity index (χ4n) is 1.85. The monoisotopic (exact) mass is 246 g/mol. The Kier molecular flexibility index (Phi) is 3.88. The van der Waals surface area contributed by atoms with Gasteiger partial charge in [-0.2, -0.15) is 5.26 Å². The summed E-state index contributed by atoms with van der Waals surface area (Å²) in [6.07, 6.45) is 0.404. The number of aliphatic carboxylic acids is 1. The smallest absolute Gasteiger partial charge is 0.317 e. The first-order valence-corrected chi connectivity index (χ1v) is 6.75. The third-order valence-corrected chi connectivity index (χ3v) is 4.43. The van der Waals surface area contributed by atoms with Gasteiger partial charge in [0, 0.05) is 6.04 Å². The molecule has 16 heavy (non-hydrogen) atoms.